The van der Waals surface area contributed by atoms with Crippen LogP contribution in [0.5, 0.6) is 0 Å². The average molecular weight is 249 g/mol. The maximum atomic E-state index is 11.6. The first-order valence-electron chi connectivity index (χ1n) is 6.68. The number of carbonyl (C=O) groups is 1. The monoisotopic (exact) mass is 249 g/mol. The van der Waals surface area contributed by atoms with Gasteiger partial charge in [0.1, 0.15) is 6.10 Å². The molecule has 0 aromatic heterocycles. The van der Waals surface area contributed by atoms with Crippen LogP contribution in [0.1, 0.15) is 19.3 Å². The fourth-order valence-electron chi connectivity index (χ4n) is 3.05. The summed E-state index contributed by atoms with van der Waals surface area (Å²) in [5.41, 5.74) is 2.11. The first-order chi connectivity index (χ1) is 8.75. The predicted octanol–water partition coefficient (Wildman–Crippen LogP) is 1.48. The second-order valence-corrected chi connectivity index (χ2v) is 5.23. The SMILES string of the molecule is C=C1COCC[C@@H]1[C@H]1OC(=O)C=C1N1CCCC1. The van der Waals surface area contributed by atoms with E-state index in [1.807, 2.05) is 0 Å². The van der Waals surface area contributed by atoms with Crippen molar-refractivity contribution in [2.75, 3.05) is 26.3 Å². The second kappa shape index (κ2) is 4.76. The number of cyclic esters (lactones) is 1. The molecule has 2 saturated heterocycles. The highest BCUT2D eigenvalue weighted by Gasteiger charge is 2.39. The Kier molecular flexibility index (Phi) is 3.12. The maximum Gasteiger partial charge on any atom is 0.333 e. The van der Waals surface area contributed by atoms with E-state index >= 15 is 0 Å². The normalized spacial score (nSPS) is 32.7. The van der Waals surface area contributed by atoms with Gasteiger partial charge in [0.05, 0.1) is 12.3 Å². The Balaban J connectivity index is 1.79. The molecule has 3 heterocycles. The van der Waals surface area contributed by atoms with Gasteiger partial charge in [0.15, 0.2) is 0 Å². The smallest absolute Gasteiger partial charge is 0.333 e. The van der Waals surface area contributed by atoms with Crippen molar-refractivity contribution in [2.45, 2.75) is 25.4 Å². The molecule has 2 fully saturated rings. The van der Waals surface area contributed by atoms with Gasteiger partial charge in [-0.15, -0.1) is 0 Å². The fraction of sp³-hybridized carbons (Fsp3) is 0.643. The maximum absolute atomic E-state index is 11.6. The van der Waals surface area contributed by atoms with Crippen LogP contribution in [0.25, 0.3) is 0 Å². The Labute approximate surface area is 107 Å². The molecule has 0 N–H and O–H groups in total. The van der Waals surface area contributed by atoms with E-state index in [-0.39, 0.29) is 18.0 Å². The van der Waals surface area contributed by atoms with Gasteiger partial charge in [0.2, 0.25) is 0 Å². The highest BCUT2D eigenvalue weighted by Crippen LogP contribution is 2.34. The van der Waals surface area contributed by atoms with Crippen molar-refractivity contribution in [3.63, 3.8) is 0 Å². The molecule has 3 aliphatic heterocycles. The van der Waals surface area contributed by atoms with Gasteiger partial charge < -0.3 is 14.4 Å². The molecule has 4 heteroatoms. The first kappa shape index (κ1) is 11.8. The highest BCUT2D eigenvalue weighted by molar-refractivity contribution is 5.85. The van der Waals surface area contributed by atoms with Gasteiger partial charge in [0.25, 0.3) is 0 Å². The average Bonchev–Trinajstić information content (AvgIpc) is 2.98. The minimum atomic E-state index is -0.207. The number of ether oxygens (including phenoxy) is 2. The Morgan fingerprint density at radius 1 is 1.33 bits per heavy atom. The van der Waals surface area contributed by atoms with Crippen molar-refractivity contribution in [1.29, 1.82) is 0 Å². The topological polar surface area (TPSA) is 38.8 Å². The summed E-state index contributed by atoms with van der Waals surface area (Å²) in [6, 6.07) is 0. The van der Waals surface area contributed by atoms with E-state index in [9.17, 15) is 4.79 Å². The molecule has 18 heavy (non-hydrogen) atoms. The molecule has 0 saturated carbocycles. The van der Waals surface area contributed by atoms with E-state index < -0.39 is 0 Å². The van der Waals surface area contributed by atoms with Gasteiger partial charge in [-0.05, 0) is 24.8 Å². The first-order valence-corrected chi connectivity index (χ1v) is 6.68. The van der Waals surface area contributed by atoms with E-state index in [0.717, 1.165) is 37.4 Å². The quantitative estimate of drug-likeness (QED) is 0.549. The van der Waals surface area contributed by atoms with Gasteiger partial charge in [-0.25, -0.2) is 4.79 Å². The fourth-order valence-corrected chi connectivity index (χ4v) is 3.05. The van der Waals surface area contributed by atoms with Crippen LogP contribution < -0.4 is 0 Å². The molecule has 0 spiro atoms. The largest absolute Gasteiger partial charge is 0.452 e. The molecule has 3 aliphatic rings. The standard InChI is InChI=1S/C14H19NO3/c1-10-9-17-7-4-11(10)14-12(8-13(16)18-14)15-5-2-3-6-15/h8,11,14H,1-7,9H2/t11-,14+/m0/s1. The zero-order valence-electron chi connectivity index (χ0n) is 10.6. The van der Waals surface area contributed by atoms with E-state index in [4.69, 9.17) is 9.47 Å². The molecule has 0 bridgehead atoms. The Bertz CT molecular complexity index is 396. The third-order valence-corrected chi connectivity index (χ3v) is 4.02. The lowest BCUT2D eigenvalue weighted by molar-refractivity contribution is -0.141. The number of likely N-dealkylation sites (tertiary alicyclic amines) is 1. The van der Waals surface area contributed by atoms with Gasteiger partial charge >= 0.3 is 5.97 Å². The van der Waals surface area contributed by atoms with Crippen molar-refractivity contribution in [3.8, 4) is 0 Å². The van der Waals surface area contributed by atoms with Gasteiger partial charge in [-0.3, -0.25) is 0 Å². The van der Waals surface area contributed by atoms with Crippen LogP contribution in [0.3, 0.4) is 0 Å². The van der Waals surface area contributed by atoms with Crippen LogP contribution in [0, 0.1) is 5.92 Å². The third-order valence-electron chi connectivity index (χ3n) is 4.02. The summed E-state index contributed by atoms with van der Waals surface area (Å²) in [6.07, 6.45) is 4.83. The van der Waals surface area contributed by atoms with Crippen LogP contribution in [-0.4, -0.2) is 43.3 Å². The second-order valence-electron chi connectivity index (χ2n) is 5.23. The van der Waals surface area contributed by atoms with Crippen LogP contribution in [0.4, 0.5) is 0 Å². The minimum Gasteiger partial charge on any atom is -0.452 e. The predicted molar refractivity (Wildman–Crippen MR) is 66.8 cm³/mol. The number of rotatable bonds is 2. The summed E-state index contributed by atoms with van der Waals surface area (Å²) in [6.45, 7) is 7.45. The van der Waals surface area contributed by atoms with Crippen LogP contribution in [0.15, 0.2) is 23.9 Å². The summed E-state index contributed by atoms with van der Waals surface area (Å²) < 4.78 is 10.9. The van der Waals surface area contributed by atoms with Crippen molar-refractivity contribution in [1.82, 2.24) is 4.90 Å². The minimum absolute atomic E-state index is 0.132. The van der Waals surface area contributed by atoms with E-state index in [1.165, 1.54) is 12.8 Å². The van der Waals surface area contributed by atoms with Gasteiger partial charge in [-0.1, -0.05) is 6.58 Å². The van der Waals surface area contributed by atoms with Crippen LogP contribution in [-0.2, 0) is 14.3 Å². The lowest BCUT2D eigenvalue weighted by Crippen LogP contribution is -2.36. The number of esters is 1. The van der Waals surface area contributed by atoms with Crippen LogP contribution in [0.2, 0.25) is 0 Å². The molecule has 2 atom stereocenters. The van der Waals surface area contributed by atoms with E-state index in [2.05, 4.69) is 11.5 Å². The molecule has 4 nitrogen and oxygen atoms in total. The van der Waals surface area contributed by atoms with Crippen molar-refractivity contribution in [2.24, 2.45) is 5.92 Å². The van der Waals surface area contributed by atoms with Crippen LogP contribution >= 0.6 is 0 Å². The molecule has 3 rings (SSSR count). The molecule has 0 aromatic rings. The molecule has 0 unspecified atom stereocenters. The summed E-state index contributed by atoms with van der Waals surface area (Å²) in [7, 11) is 0. The van der Waals surface area contributed by atoms with Crippen molar-refractivity contribution in [3.05, 3.63) is 23.9 Å². The lowest BCUT2D eigenvalue weighted by Gasteiger charge is -2.33. The number of hydrogen-bond acceptors (Lipinski definition) is 4. The van der Waals surface area contributed by atoms with Gasteiger partial charge in [-0.2, -0.15) is 0 Å². The van der Waals surface area contributed by atoms with E-state index in [0.29, 0.717) is 6.61 Å². The number of nitrogens with zero attached hydrogens (tertiary/aromatic N) is 1. The summed E-state index contributed by atoms with van der Waals surface area (Å²) in [5.74, 6) is 0.0123. The molecule has 98 valence electrons. The molecular weight excluding hydrogens is 230 g/mol. The molecule has 0 aromatic carbocycles. The Morgan fingerprint density at radius 3 is 2.83 bits per heavy atom. The molecule has 0 amide bonds. The van der Waals surface area contributed by atoms with Crippen molar-refractivity contribution >= 4 is 5.97 Å². The Morgan fingerprint density at radius 2 is 2.11 bits per heavy atom. The summed E-state index contributed by atoms with van der Waals surface area (Å²) in [5, 5.41) is 0. The highest BCUT2D eigenvalue weighted by atomic mass is 16.5. The zero-order valence-corrected chi connectivity index (χ0v) is 10.6. The Hall–Kier alpha value is -1.29. The van der Waals surface area contributed by atoms with Crippen molar-refractivity contribution < 1.29 is 14.3 Å². The van der Waals surface area contributed by atoms with Gasteiger partial charge in [0, 0.05) is 31.7 Å². The molecule has 0 radical (unpaired) electrons. The van der Waals surface area contributed by atoms with E-state index in [1.54, 1.807) is 6.08 Å². The number of hydrogen-bond donors (Lipinski definition) is 0. The summed E-state index contributed by atoms with van der Waals surface area (Å²) >= 11 is 0. The lowest BCUT2D eigenvalue weighted by atomic mass is 9.88. The summed E-state index contributed by atoms with van der Waals surface area (Å²) in [4.78, 5) is 13.9. The third kappa shape index (κ3) is 2.05. The molecular formula is C14H19NO3. The zero-order chi connectivity index (χ0) is 12.5. The molecule has 0 aliphatic carbocycles. The number of carbonyl (C=O) groups excluding carboxylic acids is 1.